The predicted molar refractivity (Wildman–Crippen MR) is 105 cm³/mol. The van der Waals surface area contributed by atoms with Crippen LogP contribution in [0.4, 0.5) is 0 Å². The van der Waals surface area contributed by atoms with Crippen LogP contribution in [0, 0.1) is 0 Å². The van der Waals surface area contributed by atoms with Crippen molar-refractivity contribution in [3.63, 3.8) is 0 Å². The Morgan fingerprint density at radius 3 is 2.58 bits per heavy atom. The van der Waals surface area contributed by atoms with Gasteiger partial charge in [-0.25, -0.2) is 0 Å². The van der Waals surface area contributed by atoms with Gasteiger partial charge in [0.05, 0.1) is 6.61 Å². The van der Waals surface area contributed by atoms with Gasteiger partial charge in [0.25, 0.3) is 0 Å². The summed E-state index contributed by atoms with van der Waals surface area (Å²) >= 11 is 0. The van der Waals surface area contributed by atoms with Crippen molar-refractivity contribution in [2.75, 3.05) is 33.9 Å². The molecule has 0 atom stereocenters. The lowest BCUT2D eigenvalue weighted by Crippen LogP contribution is -2.43. The van der Waals surface area contributed by atoms with Crippen LogP contribution in [0.25, 0.3) is 0 Å². The second-order valence-corrected chi connectivity index (χ2v) is 6.33. The van der Waals surface area contributed by atoms with Crippen molar-refractivity contribution in [1.29, 1.82) is 0 Å². The molecule has 138 valence electrons. The molecule has 0 saturated carbocycles. The molecule has 1 heterocycles. The molecule has 0 bridgehead atoms. The van der Waals surface area contributed by atoms with E-state index < -0.39 is 0 Å². The summed E-state index contributed by atoms with van der Waals surface area (Å²) in [5.41, 5.74) is 4.03. The van der Waals surface area contributed by atoms with Gasteiger partial charge in [-0.1, -0.05) is 36.4 Å². The van der Waals surface area contributed by atoms with Gasteiger partial charge in [-0.3, -0.25) is 4.99 Å². The summed E-state index contributed by atoms with van der Waals surface area (Å²) in [6.45, 7) is 3.80. The number of fused-ring (bicyclic) bond motifs is 1. The number of nitrogens with zero attached hydrogens (tertiary/aromatic N) is 2. The van der Waals surface area contributed by atoms with Crippen molar-refractivity contribution in [3.8, 4) is 5.75 Å². The number of rotatable bonds is 6. The summed E-state index contributed by atoms with van der Waals surface area (Å²) in [6.07, 6.45) is 1.06. The Bertz CT molecular complexity index is 728. The maximum absolute atomic E-state index is 5.60. The lowest BCUT2D eigenvalue weighted by Gasteiger charge is -2.31. The van der Waals surface area contributed by atoms with Gasteiger partial charge in [0.1, 0.15) is 12.4 Å². The Morgan fingerprint density at radius 1 is 1.08 bits per heavy atom. The fourth-order valence-corrected chi connectivity index (χ4v) is 3.14. The van der Waals surface area contributed by atoms with Gasteiger partial charge < -0.3 is 19.7 Å². The summed E-state index contributed by atoms with van der Waals surface area (Å²) in [7, 11) is 3.52. The quantitative estimate of drug-likeness (QED) is 0.493. The van der Waals surface area contributed by atoms with Crippen LogP contribution < -0.4 is 10.1 Å². The summed E-state index contributed by atoms with van der Waals surface area (Å²) in [5, 5.41) is 3.47. The molecule has 0 unspecified atom stereocenters. The van der Waals surface area contributed by atoms with Gasteiger partial charge in [-0.05, 0) is 35.2 Å². The molecule has 0 fully saturated rings. The molecule has 1 aliphatic rings. The zero-order valence-electron chi connectivity index (χ0n) is 15.6. The van der Waals surface area contributed by atoms with E-state index >= 15 is 0 Å². The molecule has 0 spiro atoms. The predicted octanol–water partition coefficient (Wildman–Crippen LogP) is 2.85. The lowest BCUT2D eigenvalue weighted by atomic mass is 10.0. The Balaban J connectivity index is 1.53. The highest BCUT2D eigenvalue weighted by Crippen LogP contribution is 2.18. The minimum Gasteiger partial charge on any atom is -0.491 e. The van der Waals surface area contributed by atoms with Gasteiger partial charge in [-0.15, -0.1) is 0 Å². The molecule has 0 aromatic heterocycles. The van der Waals surface area contributed by atoms with Crippen molar-refractivity contribution in [2.45, 2.75) is 19.5 Å². The first-order valence-electron chi connectivity index (χ1n) is 9.03. The van der Waals surface area contributed by atoms with Crippen molar-refractivity contribution >= 4 is 5.96 Å². The number of aliphatic imine (C=N–C) groups is 1. The number of hydrogen-bond donors (Lipinski definition) is 1. The Hall–Kier alpha value is -2.53. The first-order chi connectivity index (χ1) is 12.8. The highest BCUT2D eigenvalue weighted by atomic mass is 16.5. The Kier molecular flexibility index (Phi) is 6.50. The SMILES string of the molecule is CN=C(NCc1ccc(OCCOC)cc1)N1CCc2ccccc2C1. The van der Waals surface area contributed by atoms with E-state index in [0.29, 0.717) is 13.2 Å². The molecule has 2 aromatic carbocycles. The third-order valence-corrected chi connectivity index (χ3v) is 4.57. The average molecular weight is 353 g/mol. The lowest BCUT2D eigenvalue weighted by molar-refractivity contribution is 0.146. The third kappa shape index (κ3) is 4.76. The topological polar surface area (TPSA) is 46.1 Å². The van der Waals surface area contributed by atoms with Crippen molar-refractivity contribution < 1.29 is 9.47 Å². The van der Waals surface area contributed by atoms with E-state index in [4.69, 9.17) is 9.47 Å². The number of hydrogen-bond acceptors (Lipinski definition) is 3. The van der Waals surface area contributed by atoms with Crippen LogP contribution in [0.3, 0.4) is 0 Å². The number of guanidine groups is 1. The molecule has 2 aromatic rings. The summed E-state index contributed by atoms with van der Waals surface area (Å²) in [4.78, 5) is 6.77. The molecule has 0 aliphatic carbocycles. The average Bonchev–Trinajstić information content (AvgIpc) is 2.69. The van der Waals surface area contributed by atoms with Gasteiger partial charge in [0.15, 0.2) is 5.96 Å². The number of benzene rings is 2. The zero-order valence-corrected chi connectivity index (χ0v) is 15.6. The van der Waals surface area contributed by atoms with Crippen molar-refractivity contribution in [1.82, 2.24) is 10.2 Å². The molecule has 3 rings (SSSR count). The van der Waals surface area contributed by atoms with Gasteiger partial charge in [0.2, 0.25) is 0 Å². The Labute approximate surface area is 155 Å². The van der Waals surface area contributed by atoms with E-state index in [1.807, 2.05) is 19.2 Å². The van der Waals surface area contributed by atoms with Gasteiger partial charge >= 0.3 is 0 Å². The van der Waals surface area contributed by atoms with Crippen molar-refractivity contribution in [3.05, 3.63) is 65.2 Å². The van der Waals surface area contributed by atoms with E-state index in [1.54, 1.807) is 7.11 Å². The van der Waals surface area contributed by atoms with Crippen LogP contribution in [-0.2, 0) is 24.2 Å². The van der Waals surface area contributed by atoms with Crippen LogP contribution in [0.2, 0.25) is 0 Å². The Morgan fingerprint density at radius 2 is 1.85 bits per heavy atom. The van der Waals surface area contributed by atoms with Gasteiger partial charge in [-0.2, -0.15) is 0 Å². The number of nitrogens with one attached hydrogen (secondary N) is 1. The second-order valence-electron chi connectivity index (χ2n) is 6.33. The first-order valence-corrected chi connectivity index (χ1v) is 9.03. The normalized spacial score (nSPS) is 14.1. The number of ether oxygens (including phenoxy) is 2. The maximum Gasteiger partial charge on any atom is 0.194 e. The van der Waals surface area contributed by atoms with E-state index in [9.17, 15) is 0 Å². The molecular formula is C21H27N3O2. The molecule has 0 amide bonds. The van der Waals surface area contributed by atoms with E-state index in [1.165, 1.54) is 16.7 Å². The summed E-state index contributed by atoms with van der Waals surface area (Å²) < 4.78 is 10.6. The van der Waals surface area contributed by atoms with Gasteiger partial charge in [0, 0.05) is 33.8 Å². The minimum atomic E-state index is 0.567. The molecule has 1 aliphatic heterocycles. The summed E-state index contributed by atoms with van der Waals surface area (Å²) in [5.74, 6) is 1.81. The molecular weight excluding hydrogens is 326 g/mol. The monoisotopic (exact) mass is 353 g/mol. The molecule has 5 heteroatoms. The first kappa shape index (κ1) is 18.3. The van der Waals surface area contributed by atoms with Crippen LogP contribution in [0.15, 0.2) is 53.5 Å². The van der Waals surface area contributed by atoms with Crippen LogP contribution >= 0.6 is 0 Å². The highest BCUT2D eigenvalue weighted by Gasteiger charge is 2.18. The van der Waals surface area contributed by atoms with Crippen LogP contribution in [0.1, 0.15) is 16.7 Å². The van der Waals surface area contributed by atoms with E-state index in [-0.39, 0.29) is 0 Å². The number of methoxy groups -OCH3 is 1. The molecule has 26 heavy (non-hydrogen) atoms. The fourth-order valence-electron chi connectivity index (χ4n) is 3.14. The van der Waals surface area contributed by atoms with Crippen LogP contribution in [0.5, 0.6) is 5.75 Å². The van der Waals surface area contributed by atoms with E-state index in [0.717, 1.165) is 37.8 Å². The molecule has 5 nitrogen and oxygen atoms in total. The minimum absolute atomic E-state index is 0.567. The molecule has 0 saturated heterocycles. The third-order valence-electron chi connectivity index (χ3n) is 4.57. The molecule has 1 N–H and O–H groups in total. The highest BCUT2D eigenvalue weighted by molar-refractivity contribution is 5.80. The largest absolute Gasteiger partial charge is 0.491 e. The van der Waals surface area contributed by atoms with Crippen LogP contribution in [-0.4, -0.2) is 44.8 Å². The van der Waals surface area contributed by atoms with Crippen molar-refractivity contribution in [2.24, 2.45) is 4.99 Å². The maximum atomic E-state index is 5.60. The summed E-state index contributed by atoms with van der Waals surface area (Å²) in [6, 6.07) is 16.8. The zero-order chi connectivity index (χ0) is 18.2. The molecule has 0 radical (unpaired) electrons. The van der Waals surface area contributed by atoms with E-state index in [2.05, 4.69) is 51.6 Å². The standard InChI is InChI=1S/C21H27N3O2/c1-22-21(24-12-11-18-5-3-4-6-19(18)16-24)23-15-17-7-9-20(10-8-17)26-14-13-25-2/h3-10H,11-16H2,1-2H3,(H,22,23). The smallest absolute Gasteiger partial charge is 0.194 e. The second kappa shape index (κ2) is 9.25. The fraction of sp³-hybridized carbons (Fsp3) is 0.381.